The van der Waals surface area contributed by atoms with E-state index in [1.54, 1.807) is 19.4 Å². The van der Waals surface area contributed by atoms with Gasteiger partial charge in [0.05, 0.1) is 6.42 Å². The highest BCUT2D eigenvalue weighted by molar-refractivity contribution is 5.78. The summed E-state index contributed by atoms with van der Waals surface area (Å²) in [6, 6.07) is 1.92. The van der Waals surface area contributed by atoms with E-state index in [-0.39, 0.29) is 18.2 Å². The molecule has 1 fully saturated rings. The summed E-state index contributed by atoms with van der Waals surface area (Å²) in [7, 11) is 0. The van der Waals surface area contributed by atoms with Gasteiger partial charge in [0.1, 0.15) is 17.7 Å². The second kappa shape index (κ2) is 5.99. The van der Waals surface area contributed by atoms with Crippen LogP contribution in [0.5, 0.6) is 0 Å². The van der Waals surface area contributed by atoms with Gasteiger partial charge in [0, 0.05) is 30.9 Å². The maximum Gasteiger partial charge on any atom is 0.228 e. The first-order chi connectivity index (χ1) is 10.2. The molecule has 1 atom stereocenters. The highest BCUT2D eigenvalue weighted by Gasteiger charge is 2.26. The van der Waals surface area contributed by atoms with Crippen molar-refractivity contribution in [3.63, 3.8) is 0 Å². The van der Waals surface area contributed by atoms with Gasteiger partial charge in [0.15, 0.2) is 0 Å². The lowest BCUT2D eigenvalue weighted by Gasteiger charge is -2.32. The van der Waals surface area contributed by atoms with Gasteiger partial charge in [-0.1, -0.05) is 10.3 Å². The molecule has 0 N–H and O–H groups in total. The maximum absolute atomic E-state index is 12.4. The van der Waals surface area contributed by atoms with Crippen LogP contribution in [0.25, 0.3) is 0 Å². The van der Waals surface area contributed by atoms with Gasteiger partial charge in [-0.15, -0.1) is 0 Å². The van der Waals surface area contributed by atoms with Crippen LogP contribution in [0.1, 0.15) is 35.8 Å². The van der Waals surface area contributed by atoms with Crippen LogP contribution in [0.2, 0.25) is 0 Å². The van der Waals surface area contributed by atoms with Crippen molar-refractivity contribution in [2.24, 2.45) is 0 Å². The zero-order valence-electron chi connectivity index (χ0n) is 11.9. The van der Waals surface area contributed by atoms with Crippen LogP contribution >= 0.6 is 0 Å². The highest BCUT2D eigenvalue weighted by atomic mass is 16.6. The minimum Gasteiger partial charge on any atom is -0.342 e. The number of rotatable bonds is 3. The third-order valence-electron chi connectivity index (χ3n) is 3.86. The second-order valence-corrected chi connectivity index (χ2v) is 5.29. The zero-order chi connectivity index (χ0) is 14.7. The largest absolute Gasteiger partial charge is 0.342 e. The molecule has 0 bridgehead atoms. The topological polar surface area (TPSA) is 85.0 Å². The first-order valence-corrected chi connectivity index (χ1v) is 7.06. The Balaban J connectivity index is 1.66. The Morgan fingerprint density at radius 2 is 2.38 bits per heavy atom. The van der Waals surface area contributed by atoms with Crippen LogP contribution in [0, 0.1) is 6.92 Å². The van der Waals surface area contributed by atoms with Crippen molar-refractivity contribution in [2.45, 2.75) is 32.1 Å². The van der Waals surface area contributed by atoms with Crippen molar-refractivity contribution in [1.82, 2.24) is 25.2 Å². The first-order valence-electron chi connectivity index (χ1n) is 7.06. The Morgan fingerprint density at radius 1 is 1.48 bits per heavy atom. The fourth-order valence-electron chi connectivity index (χ4n) is 2.65. The van der Waals surface area contributed by atoms with Crippen LogP contribution in [-0.4, -0.2) is 44.2 Å². The lowest BCUT2D eigenvalue weighted by atomic mass is 9.94. The molecular weight excluding hydrogens is 270 g/mol. The molecule has 3 heterocycles. The molecule has 0 saturated carbocycles. The summed E-state index contributed by atoms with van der Waals surface area (Å²) in [5.74, 6) is 0.342. The molecule has 21 heavy (non-hydrogen) atoms. The van der Waals surface area contributed by atoms with Gasteiger partial charge >= 0.3 is 0 Å². The van der Waals surface area contributed by atoms with E-state index in [2.05, 4.69) is 24.9 Å². The van der Waals surface area contributed by atoms with Crippen molar-refractivity contribution in [1.29, 1.82) is 0 Å². The first kappa shape index (κ1) is 13.7. The van der Waals surface area contributed by atoms with Crippen LogP contribution < -0.4 is 0 Å². The zero-order valence-corrected chi connectivity index (χ0v) is 11.9. The van der Waals surface area contributed by atoms with Crippen LogP contribution in [-0.2, 0) is 11.2 Å². The highest BCUT2D eigenvalue weighted by Crippen LogP contribution is 2.25. The Morgan fingerprint density at radius 3 is 3.10 bits per heavy atom. The molecule has 1 saturated heterocycles. The van der Waals surface area contributed by atoms with Crippen LogP contribution in [0.3, 0.4) is 0 Å². The average Bonchev–Trinajstić information content (AvgIpc) is 2.93. The number of hydrogen-bond acceptors (Lipinski definition) is 6. The van der Waals surface area contributed by atoms with E-state index in [4.69, 9.17) is 0 Å². The van der Waals surface area contributed by atoms with Gasteiger partial charge < -0.3 is 4.90 Å². The number of carbonyl (C=O) groups is 1. The Bertz CT molecular complexity index is 613. The molecule has 0 aliphatic carbocycles. The second-order valence-electron chi connectivity index (χ2n) is 5.29. The fourth-order valence-corrected chi connectivity index (χ4v) is 2.65. The number of piperidine rings is 1. The Labute approximate surface area is 122 Å². The van der Waals surface area contributed by atoms with Crippen molar-refractivity contribution < 1.29 is 9.42 Å². The summed E-state index contributed by atoms with van der Waals surface area (Å²) < 4.78 is 4.64. The Kier molecular flexibility index (Phi) is 3.89. The summed E-state index contributed by atoms with van der Waals surface area (Å²) >= 11 is 0. The monoisotopic (exact) mass is 287 g/mol. The average molecular weight is 287 g/mol. The molecule has 7 nitrogen and oxygen atoms in total. The molecule has 2 aromatic heterocycles. The van der Waals surface area contributed by atoms with E-state index in [0.717, 1.165) is 25.1 Å². The van der Waals surface area contributed by atoms with Crippen molar-refractivity contribution in [3.05, 3.63) is 35.7 Å². The normalized spacial score (nSPS) is 18.7. The maximum atomic E-state index is 12.4. The van der Waals surface area contributed by atoms with Gasteiger partial charge in [0.25, 0.3) is 0 Å². The number of likely N-dealkylation sites (tertiary alicyclic amines) is 1. The number of amides is 1. The van der Waals surface area contributed by atoms with Gasteiger partial charge in [-0.2, -0.15) is 0 Å². The smallest absolute Gasteiger partial charge is 0.228 e. The van der Waals surface area contributed by atoms with Gasteiger partial charge in [-0.25, -0.2) is 14.6 Å². The van der Waals surface area contributed by atoms with E-state index >= 15 is 0 Å². The van der Waals surface area contributed by atoms with E-state index in [1.807, 2.05) is 11.0 Å². The van der Waals surface area contributed by atoms with E-state index in [9.17, 15) is 4.79 Å². The molecule has 0 aromatic carbocycles. The summed E-state index contributed by atoms with van der Waals surface area (Å²) in [6.45, 7) is 3.27. The quantitative estimate of drug-likeness (QED) is 0.841. The summed E-state index contributed by atoms with van der Waals surface area (Å²) in [5, 5.41) is 7.48. The third-order valence-corrected chi connectivity index (χ3v) is 3.86. The molecule has 110 valence electrons. The predicted molar refractivity (Wildman–Crippen MR) is 73.3 cm³/mol. The number of carbonyl (C=O) groups excluding carboxylic acids is 1. The molecule has 1 unspecified atom stereocenters. The molecule has 1 aliphatic rings. The van der Waals surface area contributed by atoms with Crippen LogP contribution in [0.15, 0.2) is 23.2 Å². The minimum atomic E-state index is 0.0626. The third kappa shape index (κ3) is 3.07. The van der Waals surface area contributed by atoms with Gasteiger partial charge in [0.2, 0.25) is 5.91 Å². The van der Waals surface area contributed by atoms with E-state index in [1.165, 1.54) is 0 Å². The van der Waals surface area contributed by atoms with Crippen LogP contribution in [0.4, 0.5) is 0 Å². The molecule has 0 spiro atoms. The van der Waals surface area contributed by atoms with Crippen molar-refractivity contribution in [2.75, 3.05) is 13.1 Å². The van der Waals surface area contributed by atoms with E-state index < -0.39 is 0 Å². The molecule has 0 radical (unpaired) electrons. The minimum absolute atomic E-state index is 0.0626. The van der Waals surface area contributed by atoms with Gasteiger partial charge in [-0.3, -0.25) is 4.79 Å². The molecule has 1 amide bonds. The summed E-state index contributed by atoms with van der Waals surface area (Å²) in [4.78, 5) is 22.5. The van der Waals surface area contributed by atoms with Crippen molar-refractivity contribution >= 4 is 5.91 Å². The fraction of sp³-hybridized carbons (Fsp3) is 0.500. The number of hydrogen-bond donors (Lipinski definition) is 0. The molecule has 1 aliphatic heterocycles. The lowest BCUT2D eigenvalue weighted by Crippen LogP contribution is -2.40. The lowest BCUT2D eigenvalue weighted by molar-refractivity contribution is -0.131. The molecule has 3 rings (SSSR count). The number of aromatic nitrogens is 4. The molecule has 2 aromatic rings. The predicted octanol–water partition coefficient (Wildman–Crippen LogP) is 1.12. The molecule has 7 heteroatoms. The van der Waals surface area contributed by atoms with E-state index in [0.29, 0.717) is 17.9 Å². The Hall–Kier alpha value is -2.31. The SMILES string of the molecule is Cc1nonc1CC(=O)N1CCCC(c2ccncn2)C1. The van der Waals surface area contributed by atoms with Crippen molar-refractivity contribution in [3.8, 4) is 0 Å². The summed E-state index contributed by atoms with van der Waals surface area (Å²) in [5.41, 5.74) is 2.29. The number of nitrogens with zero attached hydrogens (tertiary/aromatic N) is 5. The number of aryl methyl sites for hydroxylation is 1. The standard InChI is InChI=1S/C14H17N5O2/c1-10-13(18-21-17-10)7-14(20)19-6-2-3-11(8-19)12-4-5-15-9-16-12/h4-5,9,11H,2-3,6-8H2,1H3. The summed E-state index contributed by atoms with van der Waals surface area (Å²) in [6.07, 6.45) is 5.57. The van der Waals surface area contributed by atoms with Gasteiger partial charge in [-0.05, 0) is 25.8 Å². The molecular formula is C14H17N5O2.